The average molecular weight is 278 g/mol. The van der Waals surface area contributed by atoms with Crippen molar-refractivity contribution in [2.24, 2.45) is 0 Å². The molecule has 0 bridgehead atoms. The average Bonchev–Trinajstić information content (AvgIpc) is 2.21. The van der Waals surface area contributed by atoms with Gasteiger partial charge in [0.05, 0.1) is 10.6 Å². The Morgan fingerprint density at radius 3 is 2.71 bits per heavy atom. The highest BCUT2D eigenvalue weighted by molar-refractivity contribution is 6.34. The van der Waals surface area contributed by atoms with Gasteiger partial charge in [0.15, 0.2) is 0 Å². The first-order valence-corrected chi connectivity index (χ1v) is 6.11. The van der Waals surface area contributed by atoms with Crippen molar-refractivity contribution in [1.82, 2.24) is 5.32 Å². The van der Waals surface area contributed by atoms with Gasteiger partial charge < -0.3 is 5.32 Å². The van der Waals surface area contributed by atoms with E-state index in [4.69, 9.17) is 23.2 Å². The molecule has 0 radical (unpaired) electrons. The zero-order valence-corrected chi connectivity index (χ0v) is 11.2. The minimum Gasteiger partial charge on any atom is -0.347 e. The number of rotatable bonds is 4. The van der Waals surface area contributed by atoms with Crippen LogP contribution in [0.25, 0.3) is 0 Å². The van der Waals surface area contributed by atoms with Gasteiger partial charge in [-0.1, -0.05) is 17.7 Å². The van der Waals surface area contributed by atoms with E-state index in [-0.39, 0.29) is 10.6 Å². The second-order valence-electron chi connectivity index (χ2n) is 4.38. The molecule has 0 aromatic heterocycles. The lowest BCUT2D eigenvalue weighted by molar-refractivity contribution is 0.0911. The van der Waals surface area contributed by atoms with E-state index in [0.717, 1.165) is 0 Å². The van der Waals surface area contributed by atoms with Crippen LogP contribution in [0.5, 0.6) is 0 Å². The lowest BCUT2D eigenvalue weighted by atomic mass is 10.0. The molecule has 2 nitrogen and oxygen atoms in total. The maximum atomic E-state index is 13.2. The van der Waals surface area contributed by atoms with E-state index in [1.54, 1.807) is 0 Å². The molecule has 17 heavy (non-hydrogen) atoms. The van der Waals surface area contributed by atoms with Crippen LogP contribution in [0, 0.1) is 5.82 Å². The Kier molecular flexibility index (Phi) is 4.78. The number of halogens is 3. The Labute approximate surface area is 110 Å². The molecule has 0 atom stereocenters. The topological polar surface area (TPSA) is 29.1 Å². The van der Waals surface area contributed by atoms with Gasteiger partial charge >= 0.3 is 0 Å². The molecule has 0 spiro atoms. The Balaban J connectivity index is 2.87. The molecular formula is C12H14Cl2FNO. The van der Waals surface area contributed by atoms with Crippen LogP contribution >= 0.6 is 23.2 Å². The molecule has 0 saturated heterocycles. The van der Waals surface area contributed by atoms with E-state index in [0.29, 0.717) is 12.3 Å². The molecule has 1 aromatic rings. The van der Waals surface area contributed by atoms with E-state index in [2.05, 4.69) is 5.32 Å². The quantitative estimate of drug-likeness (QED) is 0.837. The van der Waals surface area contributed by atoms with Gasteiger partial charge in [-0.25, -0.2) is 4.39 Å². The maximum Gasteiger partial charge on any atom is 0.253 e. The number of alkyl halides is 1. The second kappa shape index (κ2) is 5.69. The van der Waals surface area contributed by atoms with Crippen LogP contribution in [0.1, 0.15) is 30.6 Å². The van der Waals surface area contributed by atoms with E-state index in [9.17, 15) is 9.18 Å². The van der Waals surface area contributed by atoms with Gasteiger partial charge in [0.2, 0.25) is 0 Å². The lowest BCUT2D eigenvalue weighted by Crippen LogP contribution is -2.43. The smallest absolute Gasteiger partial charge is 0.253 e. The number of hydrogen-bond acceptors (Lipinski definition) is 1. The molecule has 1 aromatic carbocycles. The molecule has 0 aliphatic heterocycles. The van der Waals surface area contributed by atoms with Crippen molar-refractivity contribution in [3.05, 3.63) is 34.6 Å². The molecule has 0 unspecified atom stereocenters. The van der Waals surface area contributed by atoms with Crippen LogP contribution in [0.3, 0.4) is 0 Å². The highest BCUT2D eigenvalue weighted by Gasteiger charge is 2.22. The predicted octanol–water partition coefficient (Wildman–Crippen LogP) is 3.62. The Morgan fingerprint density at radius 2 is 2.12 bits per heavy atom. The van der Waals surface area contributed by atoms with Crippen LogP contribution in [0.2, 0.25) is 5.02 Å². The second-order valence-corrected chi connectivity index (χ2v) is 5.13. The third-order valence-electron chi connectivity index (χ3n) is 2.37. The summed E-state index contributed by atoms with van der Waals surface area (Å²) < 4.78 is 13.2. The Morgan fingerprint density at radius 1 is 1.47 bits per heavy atom. The largest absolute Gasteiger partial charge is 0.347 e. The van der Waals surface area contributed by atoms with Crippen molar-refractivity contribution in [3.8, 4) is 0 Å². The number of benzene rings is 1. The van der Waals surface area contributed by atoms with Crippen molar-refractivity contribution in [1.29, 1.82) is 0 Å². The Hall–Kier alpha value is -0.800. The number of amides is 1. The number of hydrogen-bond donors (Lipinski definition) is 1. The highest BCUT2D eigenvalue weighted by atomic mass is 35.5. The van der Waals surface area contributed by atoms with Gasteiger partial charge in [0, 0.05) is 11.4 Å². The molecule has 5 heteroatoms. The summed E-state index contributed by atoms with van der Waals surface area (Å²) in [6, 6.07) is 4.14. The zero-order chi connectivity index (χ0) is 13.1. The van der Waals surface area contributed by atoms with Crippen LogP contribution in [-0.2, 0) is 0 Å². The van der Waals surface area contributed by atoms with Gasteiger partial charge in [-0.05, 0) is 32.4 Å². The van der Waals surface area contributed by atoms with Crippen LogP contribution in [-0.4, -0.2) is 17.3 Å². The summed E-state index contributed by atoms with van der Waals surface area (Å²) in [6.45, 7) is 3.70. The molecule has 0 heterocycles. The molecule has 0 fully saturated rings. The first-order chi connectivity index (χ1) is 7.87. The van der Waals surface area contributed by atoms with Crippen molar-refractivity contribution in [2.75, 3.05) is 5.88 Å². The van der Waals surface area contributed by atoms with Crippen molar-refractivity contribution < 1.29 is 9.18 Å². The molecule has 1 N–H and O–H groups in total. The summed E-state index contributed by atoms with van der Waals surface area (Å²) in [5.41, 5.74) is -0.316. The number of carbonyl (C=O) groups excluding carboxylic acids is 1. The minimum absolute atomic E-state index is 0.134. The summed E-state index contributed by atoms with van der Waals surface area (Å²) in [7, 11) is 0. The van der Waals surface area contributed by atoms with E-state index < -0.39 is 17.3 Å². The zero-order valence-electron chi connectivity index (χ0n) is 9.69. The van der Waals surface area contributed by atoms with Crippen molar-refractivity contribution in [2.45, 2.75) is 25.8 Å². The summed E-state index contributed by atoms with van der Waals surface area (Å²) >= 11 is 11.4. The van der Waals surface area contributed by atoms with Gasteiger partial charge in [-0.3, -0.25) is 4.79 Å². The SMILES string of the molecule is CC(C)(CCCl)NC(=O)c1cccc(F)c1Cl. The summed E-state index contributed by atoms with van der Waals surface area (Å²) in [6.07, 6.45) is 0.618. The van der Waals surface area contributed by atoms with Gasteiger partial charge in [0.1, 0.15) is 5.82 Å². The first kappa shape index (κ1) is 14.3. The highest BCUT2D eigenvalue weighted by Crippen LogP contribution is 2.20. The van der Waals surface area contributed by atoms with Gasteiger partial charge in [-0.15, -0.1) is 11.6 Å². The lowest BCUT2D eigenvalue weighted by Gasteiger charge is -2.25. The molecule has 0 saturated carbocycles. The molecule has 1 amide bonds. The molecule has 94 valence electrons. The van der Waals surface area contributed by atoms with Gasteiger partial charge in [-0.2, -0.15) is 0 Å². The van der Waals surface area contributed by atoms with Crippen LogP contribution in [0.15, 0.2) is 18.2 Å². The maximum absolute atomic E-state index is 13.2. The fourth-order valence-corrected chi connectivity index (χ4v) is 2.04. The van der Waals surface area contributed by atoms with E-state index >= 15 is 0 Å². The fraction of sp³-hybridized carbons (Fsp3) is 0.417. The van der Waals surface area contributed by atoms with Crippen LogP contribution < -0.4 is 5.32 Å². The normalized spacial score (nSPS) is 11.4. The van der Waals surface area contributed by atoms with Gasteiger partial charge in [0.25, 0.3) is 5.91 Å². The third-order valence-corrected chi connectivity index (χ3v) is 2.94. The first-order valence-electron chi connectivity index (χ1n) is 5.20. The fourth-order valence-electron chi connectivity index (χ4n) is 1.35. The summed E-state index contributed by atoms with van der Waals surface area (Å²) in [5, 5.41) is 2.61. The Bertz CT molecular complexity index is 421. The van der Waals surface area contributed by atoms with E-state index in [1.165, 1.54) is 18.2 Å². The predicted molar refractivity (Wildman–Crippen MR) is 68.3 cm³/mol. The summed E-state index contributed by atoms with van der Waals surface area (Å²) in [5.74, 6) is -0.566. The molecule has 1 rings (SSSR count). The molecule has 0 aliphatic rings. The van der Waals surface area contributed by atoms with Crippen molar-refractivity contribution >= 4 is 29.1 Å². The number of nitrogens with one attached hydrogen (secondary N) is 1. The third kappa shape index (κ3) is 3.86. The van der Waals surface area contributed by atoms with E-state index in [1.807, 2.05) is 13.8 Å². The molecular weight excluding hydrogens is 264 g/mol. The summed E-state index contributed by atoms with van der Waals surface area (Å²) in [4.78, 5) is 11.9. The molecule has 0 aliphatic carbocycles. The monoisotopic (exact) mass is 277 g/mol. The standard InChI is InChI=1S/C12H14Cl2FNO/c1-12(2,6-7-13)16-11(17)8-4-3-5-9(15)10(8)14/h3-5H,6-7H2,1-2H3,(H,16,17). The van der Waals surface area contributed by atoms with Crippen molar-refractivity contribution in [3.63, 3.8) is 0 Å². The number of carbonyl (C=O) groups is 1. The minimum atomic E-state index is -0.602. The van der Waals surface area contributed by atoms with Crippen LogP contribution in [0.4, 0.5) is 4.39 Å².